The van der Waals surface area contributed by atoms with E-state index in [1.807, 2.05) is 6.07 Å². The average molecular weight is 416 g/mol. The monoisotopic (exact) mass is 415 g/mol. The molecule has 0 aliphatic carbocycles. The lowest BCUT2D eigenvalue weighted by Crippen LogP contribution is -2.40. The summed E-state index contributed by atoms with van der Waals surface area (Å²) >= 11 is 3.35. The molecule has 130 valence electrons. The van der Waals surface area contributed by atoms with Gasteiger partial charge in [-0.15, -0.1) is 0 Å². The minimum Gasteiger partial charge on any atom is -0.443 e. The van der Waals surface area contributed by atoms with Crippen molar-refractivity contribution in [2.24, 2.45) is 0 Å². The Morgan fingerprint density at radius 3 is 2.54 bits per heavy atom. The van der Waals surface area contributed by atoms with Crippen LogP contribution in [0.2, 0.25) is 0 Å². The topological polar surface area (TPSA) is 89.5 Å². The maximum absolute atomic E-state index is 12.2. The molecule has 0 fully saturated rings. The fourth-order valence-corrected chi connectivity index (χ4v) is 2.90. The van der Waals surface area contributed by atoms with Crippen LogP contribution < -0.4 is 0 Å². The minimum atomic E-state index is -3.81. The molecule has 0 saturated carbocycles. The number of sulfonamides is 1. The van der Waals surface area contributed by atoms with Gasteiger partial charge in [0.15, 0.2) is 0 Å². The number of hydrogen-bond acceptors (Lipinski definition) is 6. The molecule has 9 heteroatoms. The largest absolute Gasteiger partial charge is 0.443 e. The molecule has 7 nitrogen and oxygen atoms in total. The predicted octanol–water partition coefficient (Wildman–Crippen LogP) is 3.09. The first kappa shape index (κ1) is 18.6. The summed E-state index contributed by atoms with van der Waals surface area (Å²) in [6.07, 6.45) is 1.45. The normalized spacial score (nSPS) is 12.2. The predicted molar refractivity (Wildman–Crippen MR) is 93.9 cm³/mol. The molecule has 0 unspecified atom stereocenters. The Bertz CT molecular complexity index is 878. The van der Waals surface area contributed by atoms with Gasteiger partial charge in [-0.3, -0.25) is 4.98 Å². The van der Waals surface area contributed by atoms with E-state index in [1.165, 1.54) is 6.20 Å². The summed E-state index contributed by atoms with van der Waals surface area (Å²) < 4.78 is 30.5. The van der Waals surface area contributed by atoms with Gasteiger partial charge in [0, 0.05) is 4.47 Å². The molecule has 0 bridgehead atoms. The van der Waals surface area contributed by atoms with Gasteiger partial charge in [0.25, 0.3) is 0 Å². The first-order valence-electron chi connectivity index (χ1n) is 7.07. The third-order valence-corrected chi connectivity index (χ3v) is 4.43. The molecule has 0 aliphatic heterocycles. The van der Waals surface area contributed by atoms with Gasteiger partial charge in [-0.25, -0.2) is 18.2 Å². The number of fused-ring (bicyclic) bond motifs is 1. The van der Waals surface area contributed by atoms with Crippen LogP contribution in [-0.4, -0.2) is 40.6 Å². The van der Waals surface area contributed by atoms with E-state index in [2.05, 4.69) is 25.9 Å². The Balaban J connectivity index is 2.33. The van der Waals surface area contributed by atoms with Crippen LogP contribution in [0.4, 0.5) is 4.79 Å². The highest BCUT2D eigenvalue weighted by Gasteiger charge is 2.29. The van der Waals surface area contributed by atoms with Crippen molar-refractivity contribution in [1.82, 2.24) is 14.3 Å². The molecule has 2 rings (SSSR count). The standard InChI is InChI=1S/C15H18BrN3O4S/c1-15(2,3)23-14(20)19(24(4,21)22)9-11-8-17-13-7-10(16)5-6-12(13)18-11/h5-8H,9H2,1-4H3. The van der Waals surface area contributed by atoms with Crippen LogP contribution in [-0.2, 0) is 21.3 Å². The number of hydrogen-bond donors (Lipinski definition) is 0. The van der Waals surface area contributed by atoms with Crippen LogP contribution in [0.1, 0.15) is 26.5 Å². The maximum Gasteiger partial charge on any atom is 0.424 e. The van der Waals surface area contributed by atoms with Gasteiger partial charge in [-0.2, -0.15) is 4.31 Å². The smallest absolute Gasteiger partial charge is 0.424 e. The quantitative estimate of drug-likeness (QED) is 0.764. The second kappa shape index (κ2) is 6.64. The number of aromatic nitrogens is 2. The average Bonchev–Trinajstić information content (AvgIpc) is 2.41. The van der Waals surface area contributed by atoms with Gasteiger partial charge in [-0.1, -0.05) is 15.9 Å². The summed E-state index contributed by atoms with van der Waals surface area (Å²) in [5.74, 6) is 0. The second-order valence-corrected chi connectivity index (χ2v) is 9.07. The number of halogens is 1. The van der Waals surface area contributed by atoms with E-state index in [-0.39, 0.29) is 6.54 Å². The Morgan fingerprint density at radius 1 is 1.29 bits per heavy atom. The van der Waals surface area contributed by atoms with Gasteiger partial charge in [0.05, 0.1) is 35.7 Å². The molecule has 1 aromatic carbocycles. The van der Waals surface area contributed by atoms with E-state index in [0.717, 1.165) is 10.7 Å². The number of carbonyl (C=O) groups excluding carboxylic acids is 1. The molecule has 0 aliphatic rings. The van der Waals surface area contributed by atoms with Crippen molar-refractivity contribution in [3.63, 3.8) is 0 Å². The van der Waals surface area contributed by atoms with Crippen LogP contribution >= 0.6 is 15.9 Å². The van der Waals surface area contributed by atoms with Gasteiger partial charge in [0.1, 0.15) is 5.60 Å². The minimum absolute atomic E-state index is 0.243. The van der Waals surface area contributed by atoms with E-state index in [1.54, 1.807) is 32.9 Å². The molecular formula is C15H18BrN3O4S. The number of amides is 1. The number of benzene rings is 1. The first-order valence-corrected chi connectivity index (χ1v) is 9.72. The van der Waals surface area contributed by atoms with Crippen LogP contribution in [0.3, 0.4) is 0 Å². The Kier molecular flexibility index (Phi) is 5.14. The fourth-order valence-electron chi connectivity index (χ4n) is 1.88. The van der Waals surface area contributed by atoms with Gasteiger partial charge in [0.2, 0.25) is 10.0 Å². The maximum atomic E-state index is 12.2. The molecule has 2 aromatic rings. The Labute approximate surface area is 149 Å². The number of carbonyl (C=O) groups is 1. The number of ether oxygens (including phenoxy) is 1. The van der Waals surface area contributed by atoms with E-state index in [9.17, 15) is 13.2 Å². The number of rotatable bonds is 3. The third-order valence-electron chi connectivity index (χ3n) is 2.86. The van der Waals surface area contributed by atoms with Crippen molar-refractivity contribution in [2.45, 2.75) is 32.9 Å². The fraction of sp³-hybridized carbons (Fsp3) is 0.400. The molecule has 0 spiro atoms. The molecular weight excluding hydrogens is 398 g/mol. The lowest BCUT2D eigenvalue weighted by atomic mass is 10.2. The SMILES string of the molecule is CC(C)(C)OC(=O)N(Cc1cnc2cc(Br)ccc2n1)S(C)(=O)=O. The van der Waals surface area contributed by atoms with E-state index in [4.69, 9.17) is 4.74 Å². The lowest BCUT2D eigenvalue weighted by Gasteiger charge is -2.25. The molecule has 1 aromatic heterocycles. The van der Waals surface area contributed by atoms with Gasteiger partial charge >= 0.3 is 6.09 Å². The molecule has 1 amide bonds. The molecule has 0 N–H and O–H groups in total. The van der Waals surface area contributed by atoms with Crippen molar-refractivity contribution >= 4 is 43.1 Å². The summed E-state index contributed by atoms with van der Waals surface area (Å²) in [5, 5.41) is 0. The summed E-state index contributed by atoms with van der Waals surface area (Å²) in [6.45, 7) is 4.75. The van der Waals surface area contributed by atoms with E-state index < -0.39 is 21.7 Å². The first-order chi connectivity index (χ1) is 11.0. The van der Waals surface area contributed by atoms with Crippen LogP contribution in [0.25, 0.3) is 11.0 Å². The van der Waals surface area contributed by atoms with E-state index in [0.29, 0.717) is 21.0 Å². The van der Waals surface area contributed by atoms with Crippen molar-refractivity contribution in [3.05, 3.63) is 34.6 Å². The highest BCUT2D eigenvalue weighted by Crippen LogP contribution is 2.18. The van der Waals surface area contributed by atoms with Crippen molar-refractivity contribution in [2.75, 3.05) is 6.26 Å². The van der Waals surface area contributed by atoms with Gasteiger partial charge < -0.3 is 4.74 Å². The lowest BCUT2D eigenvalue weighted by molar-refractivity contribution is 0.0381. The summed E-state index contributed by atoms with van der Waals surface area (Å²) in [7, 11) is -3.81. The summed E-state index contributed by atoms with van der Waals surface area (Å²) in [6, 6.07) is 5.37. The number of nitrogens with zero attached hydrogens (tertiary/aromatic N) is 3. The zero-order valence-corrected chi connectivity index (χ0v) is 16.2. The molecule has 0 saturated heterocycles. The summed E-state index contributed by atoms with van der Waals surface area (Å²) in [4.78, 5) is 20.8. The zero-order chi connectivity index (χ0) is 18.1. The zero-order valence-electron chi connectivity index (χ0n) is 13.8. The third kappa shape index (κ3) is 4.88. The van der Waals surface area contributed by atoms with Crippen molar-refractivity contribution < 1.29 is 17.9 Å². The van der Waals surface area contributed by atoms with E-state index >= 15 is 0 Å². The van der Waals surface area contributed by atoms with Crippen molar-refractivity contribution in [3.8, 4) is 0 Å². The molecule has 0 atom stereocenters. The van der Waals surface area contributed by atoms with Gasteiger partial charge in [-0.05, 0) is 39.0 Å². The van der Waals surface area contributed by atoms with Crippen molar-refractivity contribution in [1.29, 1.82) is 0 Å². The molecule has 0 radical (unpaired) electrons. The van der Waals surface area contributed by atoms with Crippen LogP contribution in [0, 0.1) is 0 Å². The van der Waals surface area contributed by atoms with Crippen LogP contribution in [0.5, 0.6) is 0 Å². The Hall–Kier alpha value is -1.74. The second-order valence-electron chi connectivity index (χ2n) is 6.24. The van der Waals surface area contributed by atoms with Crippen LogP contribution in [0.15, 0.2) is 28.9 Å². The highest BCUT2D eigenvalue weighted by atomic mass is 79.9. The summed E-state index contributed by atoms with van der Waals surface area (Å²) in [5.41, 5.74) is 0.812. The highest BCUT2D eigenvalue weighted by molar-refractivity contribution is 9.10. The molecule has 1 heterocycles. The Morgan fingerprint density at radius 2 is 1.96 bits per heavy atom. The molecule has 24 heavy (non-hydrogen) atoms.